The number of aromatic nitrogens is 2. The van der Waals surface area contributed by atoms with Crippen molar-refractivity contribution in [1.29, 1.82) is 0 Å². The quantitative estimate of drug-likeness (QED) is 0.876. The Labute approximate surface area is 105 Å². The van der Waals surface area contributed by atoms with Gasteiger partial charge in [-0.15, -0.1) is 11.3 Å². The van der Waals surface area contributed by atoms with Gasteiger partial charge in [0.2, 0.25) is 0 Å². The zero-order valence-electron chi connectivity index (χ0n) is 10.2. The fraction of sp³-hybridized carbons (Fsp3) is 0.333. The Morgan fingerprint density at radius 3 is 2.65 bits per heavy atom. The smallest absolute Gasteiger partial charge is 0.129 e. The number of aryl methyl sites for hydroxylation is 2. The Bertz CT molecular complexity index is 521. The van der Waals surface area contributed by atoms with Gasteiger partial charge in [0.05, 0.1) is 17.9 Å². The van der Waals surface area contributed by atoms with Gasteiger partial charge in [-0.1, -0.05) is 0 Å². The maximum absolute atomic E-state index is 5.67. The van der Waals surface area contributed by atoms with E-state index in [1.165, 1.54) is 4.88 Å². The summed E-state index contributed by atoms with van der Waals surface area (Å²) in [4.78, 5) is 9.87. The minimum Gasteiger partial charge on any atom is -0.397 e. The van der Waals surface area contributed by atoms with E-state index in [0.29, 0.717) is 5.69 Å². The van der Waals surface area contributed by atoms with Gasteiger partial charge in [0.15, 0.2) is 0 Å². The fourth-order valence-corrected chi connectivity index (χ4v) is 2.36. The summed E-state index contributed by atoms with van der Waals surface area (Å²) in [5.74, 6) is 0.861. The van der Waals surface area contributed by atoms with Gasteiger partial charge in [0.25, 0.3) is 0 Å². The van der Waals surface area contributed by atoms with Crippen molar-refractivity contribution in [2.24, 2.45) is 0 Å². The molecule has 0 fully saturated rings. The average Bonchev–Trinajstić information content (AvgIpc) is 2.69. The third kappa shape index (κ3) is 2.74. The number of rotatable bonds is 3. The van der Waals surface area contributed by atoms with Crippen LogP contribution in [-0.4, -0.2) is 9.97 Å². The summed E-state index contributed by atoms with van der Waals surface area (Å²) in [7, 11) is 0. The minimum atomic E-state index is 0.156. The second kappa shape index (κ2) is 4.71. The highest BCUT2D eigenvalue weighted by molar-refractivity contribution is 7.11. The zero-order chi connectivity index (χ0) is 12.4. The van der Waals surface area contributed by atoms with E-state index in [4.69, 9.17) is 5.73 Å². The lowest BCUT2D eigenvalue weighted by Crippen LogP contribution is -2.09. The number of thiazole rings is 1. The van der Waals surface area contributed by atoms with E-state index in [2.05, 4.69) is 29.1 Å². The highest BCUT2D eigenvalue weighted by atomic mass is 32.1. The maximum Gasteiger partial charge on any atom is 0.129 e. The first-order chi connectivity index (χ1) is 8.06. The van der Waals surface area contributed by atoms with Gasteiger partial charge < -0.3 is 11.1 Å². The van der Waals surface area contributed by atoms with Crippen molar-refractivity contribution in [3.8, 4) is 0 Å². The van der Waals surface area contributed by atoms with E-state index >= 15 is 0 Å². The number of anilines is 2. The Kier molecular flexibility index (Phi) is 3.28. The molecular weight excluding hydrogens is 232 g/mol. The second-order valence-electron chi connectivity index (χ2n) is 4.11. The molecule has 3 N–H and O–H groups in total. The molecule has 1 unspecified atom stereocenters. The molecule has 2 aromatic rings. The Morgan fingerprint density at radius 1 is 1.29 bits per heavy atom. The van der Waals surface area contributed by atoms with Gasteiger partial charge in [-0.3, -0.25) is 0 Å². The summed E-state index contributed by atoms with van der Waals surface area (Å²) in [6.45, 7) is 6.13. The van der Waals surface area contributed by atoms with Crippen LogP contribution in [0.15, 0.2) is 18.5 Å². The molecule has 0 bridgehead atoms. The van der Waals surface area contributed by atoms with Crippen molar-refractivity contribution in [3.05, 3.63) is 33.9 Å². The predicted molar refractivity (Wildman–Crippen MR) is 72.3 cm³/mol. The molecular formula is C12H16N4S. The molecule has 0 aliphatic carbocycles. The number of nitrogen functional groups attached to an aromatic ring is 1. The number of hydrogen-bond acceptors (Lipinski definition) is 5. The van der Waals surface area contributed by atoms with Gasteiger partial charge in [-0.05, 0) is 32.4 Å². The standard InChI is InChI=1S/C12H16N4S/c1-7-4-10(13)6-14-11(7)16-9(3)12-15-5-8(2)17-12/h4-6,9H,13H2,1-3H3,(H,14,16). The summed E-state index contributed by atoms with van der Waals surface area (Å²) in [5.41, 5.74) is 7.40. The lowest BCUT2D eigenvalue weighted by Gasteiger charge is -2.14. The molecule has 0 amide bonds. The van der Waals surface area contributed by atoms with Crippen LogP contribution in [0.3, 0.4) is 0 Å². The third-order valence-corrected chi connectivity index (χ3v) is 3.56. The Hall–Kier alpha value is -1.62. The van der Waals surface area contributed by atoms with Gasteiger partial charge in [-0.2, -0.15) is 0 Å². The van der Waals surface area contributed by atoms with Crippen LogP contribution in [0.5, 0.6) is 0 Å². The molecule has 2 aromatic heterocycles. The van der Waals surface area contributed by atoms with Crippen LogP contribution in [0.1, 0.15) is 28.4 Å². The molecule has 17 heavy (non-hydrogen) atoms. The molecule has 2 rings (SSSR count). The van der Waals surface area contributed by atoms with Crippen molar-refractivity contribution in [3.63, 3.8) is 0 Å². The SMILES string of the molecule is Cc1cnc(C(C)Nc2ncc(N)cc2C)s1. The molecule has 5 heteroatoms. The summed E-state index contributed by atoms with van der Waals surface area (Å²) < 4.78 is 0. The number of hydrogen-bond donors (Lipinski definition) is 2. The third-order valence-electron chi connectivity index (χ3n) is 2.46. The number of pyridine rings is 1. The van der Waals surface area contributed by atoms with Crippen LogP contribution < -0.4 is 11.1 Å². The number of nitrogens with one attached hydrogen (secondary N) is 1. The molecule has 4 nitrogen and oxygen atoms in total. The topological polar surface area (TPSA) is 63.8 Å². The molecule has 1 atom stereocenters. The van der Waals surface area contributed by atoms with Crippen LogP contribution in [0.25, 0.3) is 0 Å². The van der Waals surface area contributed by atoms with Gasteiger partial charge in [0, 0.05) is 11.1 Å². The van der Waals surface area contributed by atoms with Gasteiger partial charge in [-0.25, -0.2) is 9.97 Å². The van der Waals surface area contributed by atoms with E-state index < -0.39 is 0 Å². The van der Waals surface area contributed by atoms with Gasteiger partial charge in [0.1, 0.15) is 10.8 Å². The number of nitrogens with zero attached hydrogens (tertiary/aromatic N) is 2. The zero-order valence-corrected chi connectivity index (χ0v) is 11.0. The van der Waals surface area contributed by atoms with Crippen LogP contribution in [0.4, 0.5) is 11.5 Å². The average molecular weight is 248 g/mol. The van der Waals surface area contributed by atoms with Crippen molar-refractivity contribution in [2.75, 3.05) is 11.1 Å². The van der Waals surface area contributed by atoms with E-state index in [1.54, 1.807) is 17.5 Å². The van der Waals surface area contributed by atoms with Crippen molar-refractivity contribution in [2.45, 2.75) is 26.8 Å². The lowest BCUT2D eigenvalue weighted by atomic mass is 10.2. The van der Waals surface area contributed by atoms with Crippen molar-refractivity contribution < 1.29 is 0 Å². The van der Waals surface area contributed by atoms with E-state index in [1.807, 2.05) is 19.2 Å². The normalized spacial score (nSPS) is 12.4. The molecule has 2 heterocycles. The van der Waals surface area contributed by atoms with E-state index in [9.17, 15) is 0 Å². The highest BCUT2D eigenvalue weighted by Crippen LogP contribution is 2.24. The Morgan fingerprint density at radius 2 is 2.06 bits per heavy atom. The first kappa shape index (κ1) is 11.9. The van der Waals surface area contributed by atoms with Crippen molar-refractivity contribution in [1.82, 2.24) is 9.97 Å². The molecule has 0 saturated heterocycles. The molecule has 0 saturated carbocycles. The van der Waals surface area contributed by atoms with Crippen LogP contribution in [0, 0.1) is 13.8 Å². The molecule has 0 aliphatic heterocycles. The minimum absolute atomic E-state index is 0.156. The monoisotopic (exact) mass is 248 g/mol. The highest BCUT2D eigenvalue weighted by Gasteiger charge is 2.11. The molecule has 0 aliphatic rings. The molecule has 0 aromatic carbocycles. The fourth-order valence-electron chi connectivity index (χ4n) is 1.59. The molecule has 0 radical (unpaired) electrons. The van der Waals surface area contributed by atoms with Gasteiger partial charge >= 0.3 is 0 Å². The molecule has 0 spiro atoms. The first-order valence-corrected chi connectivity index (χ1v) is 6.29. The van der Waals surface area contributed by atoms with E-state index in [0.717, 1.165) is 16.4 Å². The molecule has 90 valence electrons. The van der Waals surface area contributed by atoms with Crippen LogP contribution >= 0.6 is 11.3 Å². The summed E-state index contributed by atoms with van der Waals surface area (Å²) in [6, 6.07) is 2.07. The largest absolute Gasteiger partial charge is 0.397 e. The maximum atomic E-state index is 5.67. The first-order valence-electron chi connectivity index (χ1n) is 5.47. The van der Waals surface area contributed by atoms with Crippen LogP contribution in [0.2, 0.25) is 0 Å². The summed E-state index contributed by atoms with van der Waals surface area (Å²) in [5, 5.41) is 4.42. The van der Waals surface area contributed by atoms with Crippen LogP contribution in [-0.2, 0) is 0 Å². The number of nitrogens with two attached hydrogens (primary N) is 1. The Balaban J connectivity index is 2.15. The second-order valence-corrected chi connectivity index (χ2v) is 5.38. The predicted octanol–water partition coefficient (Wildman–Crippen LogP) is 2.91. The summed E-state index contributed by atoms with van der Waals surface area (Å²) >= 11 is 1.70. The lowest BCUT2D eigenvalue weighted by molar-refractivity contribution is 0.858. The van der Waals surface area contributed by atoms with Crippen molar-refractivity contribution >= 4 is 22.8 Å². The summed E-state index contributed by atoms with van der Waals surface area (Å²) in [6.07, 6.45) is 3.55. The van der Waals surface area contributed by atoms with E-state index in [-0.39, 0.29) is 6.04 Å².